The van der Waals surface area contributed by atoms with Crippen LogP contribution in [-0.2, 0) is 9.53 Å². The molecule has 8 heteroatoms. The fourth-order valence-corrected chi connectivity index (χ4v) is 5.46. The number of amidine groups is 1. The lowest BCUT2D eigenvalue weighted by atomic mass is 10.2. The van der Waals surface area contributed by atoms with Crippen molar-refractivity contribution in [3.8, 4) is 11.8 Å². The number of anilines is 1. The number of amides is 1. The van der Waals surface area contributed by atoms with Gasteiger partial charge >= 0.3 is 0 Å². The van der Waals surface area contributed by atoms with Crippen LogP contribution in [0.15, 0.2) is 64.5 Å². The van der Waals surface area contributed by atoms with Crippen molar-refractivity contribution in [1.29, 1.82) is 5.26 Å². The maximum atomic E-state index is 13.0. The highest BCUT2D eigenvalue weighted by molar-refractivity contribution is 8.18. The van der Waals surface area contributed by atoms with Gasteiger partial charge < -0.3 is 14.2 Å². The van der Waals surface area contributed by atoms with Gasteiger partial charge in [-0.3, -0.25) is 9.69 Å². The van der Waals surface area contributed by atoms with Crippen LogP contribution in [0.2, 0.25) is 0 Å². The molecule has 0 spiro atoms. The van der Waals surface area contributed by atoms with Crippen LogP contribution in [0.5, 0.6) is 0 Å². The Kier molecular flexibility index (Phi) is 6.68. The van der Waals surface area contributed by atoms with E-state index in [2.05, 4.69) is 33.7 Å². The number of aliphatic imine (C=N–C) groups is 1. The summed E-state index contributed by atoms with van der Waals surface area (Å²) in [5, 5.41) is 9.74. The number of carbonyl (C=O) groups is 1. The van der Waals surface area contributed by atoms with E-state index in [1.54, 1.807) is 11.9 Å². The van der Waals surface area contributed by atoms with E-state index in [0.717, 1.165) is 60.3 Å². The molecule has 2 aromatic carbocycles. The van der Waals surface area contributed by atoms with Gasteiger partial charge in [0.25, 0.3) is 5.91 Å². The van der Waals surface area contributed by atoms with Crippen LogP contribution < -0.4 is 4.90 Å². The van der Waals surface area contributed by atoms with E-state index in [1.165, 1.54) is 11.8 Å². The second kappa shape index (κ2) is 10.1. The second-order valence-electron chi connectivity index (χ2n) is 8.81. The first kappa shape index (κ1) is 23.9. The number of likely N-dealkylation sites (N-methyl/N-ethyl adjacent to an activating group) is 1. The number of aromatic nitrogens is 1. The third-order valence-electron chi connectivity index (χ3n) is 6.47. The Morgan fingerprint density at radius 3 is 2.36 bits per heavy atom. The first-order chi connectivity index (χ1) is 17.4. The number of nitrogens with zero attached hydrogens (tertiary/aromatic N) is 5. The highest BCUT2D eigenvalue weighted by Crippen LogP contribution is 2.35. The number of carbonyl (C=O) groups excluding carboxylic acids is 1. The lowest BCUT2D eigenvalue weighted by Gasteiger charge is -2.28. The topological polar surface area (TPSA) is 73.9 Å². The molecular weight excluding hydrogens is 470 g/mol. The van der Waals surface area contributed by atoms with Crippen LogP contribution >= 0.6 is 11.8 Å². The Hall–Kier alpha value is -3.80. The minimum Gasteiger partial charge on any atom is -0.378 e. The number of thioether (sulfide) groups is 1. The maximum absolute atomic E-state index is 13.0. The molecule has 2 aliphatic heterocycles. The standard InChI is InChI=1S/C28H27N5O2S/c1-19-16-22(20(2)33(19)25-8-4-21(18-29)5-9-25)17-26-27(34)31(3)28(36-26)30-23-6-10-24(11-7-23)32-12-14-35-15-13-32/h4-11,16-17H,12-15H2,1-3H3/b26-17-,30-28?. The molecular formula is C28H27N5O2S. The van der Waals surface area contributed by atoms with Crippen LogP contribution in [0.25, 0.3) is 11.8 Å². The normalized spacial score (nSPS) is 18.3. The molecule has 182 valence electrons. The summed E-state index contributed by atoms with van der Waals surface area (Å²) < 4.78 is 7.56. The predicted octanol–water partition coefficient (Wildman–Crippen LogP) is 5.04. The number of aryl methyl sites for hydroxylation is 1. The van der Waals surface area contributed by atoms with Crippen molar-refractivity contribution in [1.82, 2.24) is 9.47 Å². The molecule has 7 nitrogen and oxygen atoms in total. The highest BCUT2D eigenvalue weighted by Gasteiger charge is 2.30. The number of benzene rings is 2. The van der Waals surface area contributed by atoms with Gasteiger partial charge in [-0.2, -0.15) is 5.26 Å². The van der Waals surface area contributed by atoms with Crippen molar-refractivity contribution in [3.63, 3.8) is 0 Å². The van der Waals surface area contributed by atoms with Crippen molar-refractivity contribution < 1.29 is 9.53 Å². The van der Waals surface area contributed by atoms with Gasteiger partial charge in [0.05, 0.1) is 35.4 Å². The number of ether oxygens (including phenoxy) is 1. The monoisotopic (exact) mass is 497 g/mol. The van der Waals surface area contributed by atoms with Gasteiger partial charge in [-0.05, 0) is 91.8 Å². The van der Waals surface area contributed by atoms with E-state index in [0.29, 0.717) is 15.6 Å². The van der Waals surface area contributed by atoms with Crippen molar-refractivity contribution in [2.75, 3.05) is 38.3 Å². The van der Waals surface area contributed by atoms with Gasteiger partial charge in [0.1, 0.15) is 0 Å². The number of hydrogen-bond acceptors (Lipinski definition) is 6. The van der Waals surface area contributed by atoms with Crippen molar-refractivity contribution >= 4 is 40.3 Å². The van der Waals surface area contributed by atoms with Gasteiger partial charge in [-0.25, -0.2) is 4.99 Å². The van der Waals surface area contributed by atoms with Gasteiger partial charge in [0, 0.05) is 42.9 Å². The minimum absolute atomic E-state index is 0.0631. The molecule has 2 aliphatic rings. The number of rotatable bonds is 4. The summed E-state index contributed by atoms with van der Waals surface area (Å²) in [5.41, 5.74) is 6.66. The Balaban J connectivity index is 1.37. The van der Waals surface area contributed by atoms with Gasteiger partial charge in [-0.1, -0.05) is 0 Å². The van der Waals surface area contributed by atoms with E-state index in [1.807, 2.05) is 56.3 Å². The van der Waals surface area contributed by atoms with Gasteiger partial charge in [0.15, 0.2) is 5.17 Å². The average molecular weight is 498 g/mol. The fraction of sp³-hybridized carbons (Fsp3) is 0.250. The van der Waals surface area contributed by atoms with E-state index in [9.17, 15) is 4.79 Å². The molecule has 2 fully saturated rings. The first-order valence-corrected chi connectivity index (χ1v) is 12.6. The van der Waals surface area contributed by atoms with Crippen molar-refractivity contribution in [2.45, 2.75) is 13.8 Å². The summed E-state index contributed by atoms with van der Waals surface area (Å²) in [5.74, 6) is -0.0631. The zero-order valence-electron chi connectivity index (χ0n) is 20.6. The Labute approximate surface area is 215 Å². The summed E-state index contributed by atoms with van der Waals surface area (Å²) in [4.78, 5) is 22.3. The zero-order chi connectivity index (χ0) is 25.2. The lowest BCUT2D eigenvalue weighted by molar-refractivity contribution is -0.121. The molecule has 1 amide bonds. The SMILES string of the molecule is Cc1cc(/C=C2\SC(=Nc3ccc(N4CCOCC4)cc3)N(C)C2=O)c(C)n1-c1ccc(C#N)cc1. The van der Waals surface area contributed by atoms with E-state index in [4.69, 9.17) is 15.0 Å². The summed E-state index contributed by atoms with van der Waals surface area (Å²) >= 11 is 1.39. The molecule has 0 saturated carbocycles. The molecule has 0 N–H and O–H groups in total. The molecule has 3 aromatic rings. The van der Waals surface area contributed by atoms with Crippen LogP contribution in [0.1, 0.15) is 22.5 Å². The van der Waals surface area contributed by atoms with Crippen LogP contribution in [0.4, 0.5) is 11.4 Å². The second-order valence-corrected chi connectivity index (χ2v) is 9.81. The quantitative estimate of drug-likeness (QED) is 0.473. The Morgan fingerprint density at radius 2 is 1.69 bits per heavy atom. The maximum Gasteiger partial charge on any atom is 0.266 e. The molecule has 0 unspecified atom stereocenters. The number of morpholine rings is 1. The average Bonchev–Trinajstić information content (AvgIpc) is 3.34. The fourth-order valence-electron chi connectivity index (χ4n) is 4.48. The third kappa shape index (κ3) is 4.68. The molecule has 0 bridgehead atoms. The van der Waals surface area contributed by atoms with Gasteiger partial charge in [0.2, 0.25) is 0 Å². The molecule has 3 heterocycles. The molecule has 0 atom stereocenters. The van der Waals surface area contributed by atoms with Crippen LogP contribution in [-0.4, -0.2) is 53.9 Å². The summed E-state index contributed by atoms with van der Waals surface area (Å²) in [6.45, 7) is 7.35. The van der Waals surface area contributed by atoms with Crippen LogP contribution in [0, 0.1) is 25.2 Å². The lowest BCUT2D eigenvalue weighted by Crippen LogP contribution is -2.36. The molecule has 36 heavy (non-hydrogen) atoms. The van der Waals surface area contributed by atoms with Gasteiger partial charge in [-0.15, -0.1) is 0 Å². The van der Waals surface area contributed by atoms with Crippen molar-refractivity contribution in [2.24, 2.45) is 4.99 Å². The van der Waals surface area contributed by atoms with Crippen LogP contribution in [0.3, 0.4) is 0 Å². The Bertz CT molecular complexity index is 1390. The summed E-state index contributed by atoms with van der Waals surface area (Å²) in [7, 11) is 1.76. The largest absolute Gasteiger partial charge is 0.378 e. The first-order valence-electron chi connectivity index (χ1n) is 11.8. The molecule has 5 rings (SSSR count). The molecule has 0 radical (unpaired) electrons. The number of hydrogen-bond donors (Lipinski definition) is 0. The van der Waals surface area contributed by atoms with E-state index < -0.39 is 0 Å². The zero-order valence-corrected chi connectivity index (χ0v) is 21.4. The smallest absolute Gasteiger partial charge is 0.266 e. The van der Waals surface area contributed by atoms with Crippen molar-refractivity contribution in [3.05, 3.63) is 82.0 Å². The van der Waals surface area contributed by atoms with E-state index in [-0.39, 0.29) is 5.91 Å². The Morgan fingerprint density at radius 1 is 1.03 bits per heavy atom. The summed E-state index contributed by atoms with van der Waals surface area (Å²) in [6.07, 6.45) is 1.94. The highest BCUT2D eigenvalue weighted by atomic mass is 32.2. The molecule has 2 saturated heterocycles. The molecule has 1 aromatic heterocycles. The minimum atomic E-state index is -0.0631. The molecule has 0 aliphatic carbocycles. The predicted molar refractivity (Wildman–Crippen MR) is 145 cm³/mol. The summed E-state index contributed by atoms with van der Waals surface area (Å²) in [6, 6.07) is 19.9. The number of nitriles is 1. The van der Waals surface area contributed by atoms with E-state index >= 15 is 0 Å². The third-order valence-corrected chi connectivity index (χ3v) is 7.53.